The lowest BCUT2D eigenvalue weighted by molar-refractivity contribution is -0.126. The number of nitrogens with one attached hydrogen (secondary N) is 1. The van der Waals surface area contributed by atoms with E-state index in [1.165, 1.54) is 0 Å². The van der Waals surface area contributed by atoms with E-state index in [-0.39, 0.29) is 22.8 Å². The second kappa shape index (κ2) is 5.43. The van der Waals surface area contributed by atoms with Gasteiger partial charge in [0, 0.05) is 6.54 Å². The molecule has 5 nitrogen and oxygen atoms in total. The van der Waals surface area contributed by atoms with Crippen molar-refractivity contribution < 1.29 is 13.2 Å². The van der Waals surface area contributed by atoms with E-state index in [0.717, 1.165) is 15.1 Å². The summed E-state index contributed by atoms with van der Waals surface area (Å²) in [6.45, 7) is 2.50. The highest BCUT2D eigenvalue weighted by atomic mass is 32.2. The van der Waals surface area contributed by atoms with Crippen LogP contribution in [0.1, 0.15) is 13.3 Å². The van der Waals surface area contributed by atoms with E-state index in [1.54, 1.807) is 24.3 Å². The van der Waals surface area contributed by atoms with E-state index < -0.39 is 10.0 Å². The SMILES string of the molecule is CC[C@H]1C(=O)N(S(=O)(=O)c2ccc3ccccc3c2)C2=CCN[C@@H]21. The standard InChI is InChI=1S/C18H18N2O3S/c1-2-15-17-16(9-10-19-17)20(18(15)21)24(22,23)14-8-7-12-5-3-4-6-13(12)11-14/h3-9,11,15,17,19H,2,10H2,1H3/t15-,17-/m1/s1. The number of rotatable bonds is 3. The van der Waals surface area contributed by atoms with Crippen LogP contribution in [0.5, 0.6) is 0 Å². The Balaban J connectivity index is 1.83. The van der Waals surface area contributed by atoms with Gasteiger partial charge in [-0.3, -0.25) is 4.79 Å². The number of sulfonamides is 1. The molecule has 1 amide bonds. The van der Waals surface area contributed by atoms with E-state index in [4.69, 9.17) is 0 Å². The van der Waals surface area contributed by atoms with Crippen LogP contribution < -0.4 is 5.32 Å². The van der Waals surface area contributed by atoms with E-state index in [0.29, 0.717) is 18.7 Å². The molecule has 1 fully saturated rings. The first kappa shape index (κ1) is 15.4. The van der Waals surface area contributed by atoms with Crippen LogP contribution in [0, 0.1) is 5.92 Å². The molecule has 0 radical (unpaired) electrons. The Morgan fingerprint density at radius 1 is 1.17 bits per heavy atom. The summed E-state index contributed by atoms with van der Waals surface area (Å²) in [5, 5.41) is 5.02. The van der Waals surface area contributed by atoms with Gasteiger partial charge in [0.1, 0.15) is 0 Å². The van der Waals surface area contributed by atoms with Crippen LogP contribution in [-0.2, 0) is 14.8 Å². The van der Waals surface area contributed by atoms with E-state index in [1.807, 2.05) is 31.2 Å². The third-order valence-electron chi connectivity index (χ3n) is 4.82. The highest BCUT2D eigenvalue weighted by Crippen LogP contribution is 2.37. The molecule has 24 heavy (non-hydrogen) atoms. The Hall–Kier alpha value is -2.18. The zero-order valence-electron chi connectivity index (χ0n) is 13.3. The van der Waals surface area contributed by atoms with Gasteiger partial charge in [0.25, 0.3) is 10.0 Å². The number of hydrogen-bond donors (Lipinski definition) is 1. The maximum absolute atomic E-state index is 13.1. The van der Waals surface area contributed by atoms with Crippen LogP contribution in [-0.4, -0.2) is 31.2 Å². The molecular formula is C18H18N2O3S. The molecule has 2 aromatic rings. The number of nitrogens with zero attached hydrogens (tertiary/aromatic N) is 1. The Morgan fingerprint density at radius 2 is 1.92 bits per heavy atom. The van der Waals surface area contributed by atoms with Crippen molar-refractivity contribution in [1.29, 1.82) is 0 Å². The summed E-state index contributed by atoms with van der Waals surface area (Å²) in [7, 11) is -3.90. The molecule has 4 rings (SSSR count). The summed E-state index contributed by atoms with van der Waals surface area (Å²) in [5.74, 6) is -0.664. The molecule has 1 N–H and O–H groups in total. The number of benzene rings is 2. The van der Waals surface area contributed by atoms with Crippen molar-refractivity contribution in [3.63, 3.8) is 0 Å². The second-order valence-electron chi connectivity index (χ2n) is 6.15. The topological polar surface area (TPSA) is 66.5 Å². The van der Waals surface area contributed by atoms with Gasteiger partial charge >= 0.3 is 0 Å². The first-order valence-corrected chi connectivity index (χ1v) is 9.49. The molecule has 0 saturated carbocycles. The highest BCUT2D eigenvalue weighted by molar-refractivity contribution is 7.89. The van der Waals surface area contributed by atoms with E-state index in [9.17, 15) is 13.2 Å². The Morgan fingerprint density at radius 3 is 2.67 bits per heavy atom. The van der Waals surface area contributed by atoms with Crippen molar-refractivity contribution >= 4 is 26.7 Å². The fourth-order valence-electron chi connectivity index (χ4n) is 3.60. The number of carbonyl (C=O) groups is 1. The summed E-state index contributed by atoms with van der Waals surface area (Å²) >= 11 is 0. The number of amides is 1. The van der Waals surface area contributed by atoms with Gasteiger partial charge in [-0.05, 0) is 35.4 Å². The number of fused-ring (bicyclic) bond motifs is 2. The van der Waals surface area contributed by atoms with Crippen molar-refractivity contribution in [3.05, 3.63) is 54.2 Å². The maximum Gasteiger partial charge on any atom is 0.270 e. The van der Waals surface area contributed by atoms with Gasteiger partial charge in [-0.25, -0.2) is 12.7 Å². The van der Waals surface area contributed by atoms with Gasteiger partial charge in [-0.1, -0.05) is 37.3 Å². The minimum Gasteiger partial charge on any atom is -0.304 e. The third kappa shape index (κ3) is 2.10. The fourth-order valence-corrected chi connectivity index (χ4v) is 5.17. The van der Waals surface area contributed by atoms with E-state index in [2.05, 4.69) is 5.32 Å². The minimum atomic E-state index is -3.90. The van der Waals surface area contributed by atoms with Crippen molar-refractivity contribution in [2.24, 2.45) is 5.92 Å². The summed E-state index contributed by atoms with van der Waals surface area (Å²) in [5.41, 5.74) is 0.569. The molecule has 2 aliphatic rings. The monoisotopic (exact) mass is 342 g/mol. The molecule has 124 valence electrons. The van der Waals surface area contributed by atoms with Crippen LogP contribution in [0.4, 0.5) is 0 Å². The predicted octanol–water partition coefficient (Wildman–Crippen LogP) is 2.25. The normalized spacial score (nSPS) is 23.6. The van der Waals surface area contributed by atoms with Crippen molar-refractivity contribution in [2.75, 3.05) is 6.54 Å². The smallest absolute Gasteiger partial charge is 0.270 e. The average Bonchev–Trinajstić information content (AvgIpc) is 3.13. The lowest BCUT2D eigenvalue weighted by Gasteiger charge is -2.18. The Kier molecular flexibility index (Phi) is 3.47. The van der Waals surface area contributed by atoms with Crippen LogP contribution >= 0.6 is 0 Å². The molecule has 0 aromatic heterocycles. The molecule has 0 bridgehead atoms. The summed E-state index contributed by atoms with van der Waals surface area (Å²) in [6.07, 6.45) is 2.41. The lowest BCUT2D eigenvalue weighted by Crippen LogP contribution is -2.33. The molecule has 0 aliphatic carbocycles. The van der Waals surface area contributed by atoms with Crippen molar-refractivity contribution in [1.82, 2.24) is 9.62 Å². The minimum absolute atomic E-state index is 0.151. The Labute approximate surface area is 141 Å². The van der Waals surface area contributed by atoms with Crippen LogP contribution in [0.3, 0.4) is 0 Å². The fraction of sp³-hybridized carbons (Fsp3) is 0.278. The molecule has 0 spiro atoms. The second-order valence-corrected chi connectivity index (χ2v) is 7.93. The Bertz CT molecular complexity index is 965. The van der Waals surface area contributed by atoms with Gasteiger partial charge in [0.05, 0.1) is 22.6 Å². The van der Waals surface area contributed by atoms with Crippen LogP contribution in [0.15, 0.2) is 59.1 Å². The quantitative estimate of drug-likeness (QED) is 0.929. The van der Waals surface area contributed by atoms with Gasteiger partial charge < -0.3 is 5.32 Å². The predicted molar refractivity (Wildman–Crippen MR) is 91.6 cm³/mol. The van der Waals surface area contributed by atoms with Crippen LogP contribution in [0.25, 0.3) is 10.8 Å². The molecule has 2 atom stereocenters. The molecule has 6 heteroatoms. The largest absolute Gasteiger partial charge is 0.304 e. The maximum atomic E-state index is 13.1. The molecular weight excluding hydrogens is 324 g/mol. The molecule has 1 saturated heterocycles. The third-order valence-corrected chi connectivity index (χ3v) is 6.54. The zero-order valence-corrected chi connectivity index (χ0v) is 14.1. The average molecular weight is 342 g/mol. The molecule has 2 aliphatic heterocycles. The summed E-state index contributed by atoms with van der Waals surface area (Å²) in [4.78, 5) is 12.9. The van der Waals surface area contributed by atoms with Crippen molar-refractivity contribution in [3.8, 4) is 0 Å². The van der Waals surface area contributed by atoms with Gasteiger partial charge in [-0.15, -0.1) is 0 Å². The molecule has 2 heterocycles. The van der Waals surface area contributed by atoms with Gasteiger partial charge in [0.2, 0.25) is 5.91 Å². The zero-order chi connectivity index (χ0) is 16.9. The first-order chi connectivity index (χ1) is 11.5. The van der Waals surface area contributed by atoms with Crippen molar-refractivity contribution in [2.45, 2.75) is 24.3 Å². The number of carbonyl (C=O) groups excluding carboxylic acids is 1. The van der Waals surface area contributed by atoms with E-state index >= 15 is 0 Å². The highest BCUT2D eigenvalue weighted by Gasteiger charge is 2.50. The molecule has 0 unspecified atom stereocenters. The molecule has 2 aromatic carbocycles. The summed E-state index contributed by atoms with van der Waals surface area (Å²) < 4.78 is 27.3. The van der Waals surface area contributed by atoms with Gasteiger partial charge in [0.15, 0.2) is 0 Å². The summed E-state index contributed by atoms with van der Waals surface area (Å²) in [6, 6.07) is 12.4. The lowest BCUT2D eigenvalue weighted by atomic mass is 10.00. The number of hydrogen-bond acceptors (Lipinski definition) is 4. The van der Waals surface area contributed by atoms with Crippen LogP contribution in [0.2, 0.25) is 0 Å². The first-order valence-electron chi connectivity index (χ1n) is 8.05. The van der Waals surface area contributed by atoms with Gasteiger partial charge in [-0.2, -0.15) is 0 Å².